The first-order chi connectivity index (χ1) is 7.24. The maximum atomic E-state index is 5.81. The molecule has 2 N–H and O–H groups in total. The van der Waals surface area contributed by atoms with E-state index in [1.807, 2.05) is 0 Å². The molecule has 1 saturated heterocycles. The number of nitrogens with zero attached hydrogens (tertiary/aromatic N) is 1. The molecule has 1 aliphatic heterocycles. The van der Waals surface area contributed by atoms with Gasteiger partial charge in [-0.2, -0.15) is 0 Å². The van der Waals surface area contributed by atoms with Crippen LogP contribution in [0.2, 0.25) is 0 Å². The van der Waals surface area contributed by atoms with E-state index in [0.717, 1.165) is 0 Å². The van der Waals surface area contributed by atoms with E-state index in [4.69, 9.17) is 5.73 Å². The summed E-state index contributed by atoms with van der Waals surface area (Å²) in [6.45, 7) is 6.30. The average Bonchev–Trinajstić information content (AvgIpc) is 2.64. The summed E-state index contributed by atoms with van der Waals surface area (Å²) in [6, 6.07) is 7.09. The minimum Gasteiger partial charge on any atom is -0.368 e. The van der Waals surface area contributed by atoms with Gasteiger partial charge in [0.2, 0.25) is 0 Å². The van der Waals surface area contributed by atoms with Crippen molar-refractivity contribution in [3.05, 3.63) is 29.3 Å². The number of nitrogens with two attached hydrogens (primary N) is 1. The fraction of sp³-hybridized carbons (Fsp3) is 0.538. The van der Waals surface area contributed by atoms with Gasteiger partial charge in [0.1, 0.15) is 0 Å². The lowest BCUT2D eigenvalue weighted by molar-refractivity contribution is 0.730. The summed E-state index contributed by atoms with van der Waals surface area (Å²) in [5, 5.41) is 0. The zero-order valence-corrected chi connectivity index (χ0v) is 9.66. The fourth-order valence-corrected chi connectivity index (χ4v) is 2.56. The van der Waals surface area contributed by atoms with Crippen molar-refractivity contribution in [3.63, 3.8) is 0 Å². The summed E-state index contributed by atoms with van der Waals surface area (Å²) in [7, 11) is 0. The normalized spacial score (nSPS) is 21.0. The van der Waals surface area contributed by atoms with Crippen molar-refractivity contribution in [3.8, 4) is 0 Å². The molecule has 0 amide bonds. The molecule has 0 aliphatic carbocycles. The number of hydrogen-bond acceptors (Lipinski definition) is 2. The first-order valence-corrected chi connectivity index (χ1v) is 5.79. The van der Waals surface area contributed by atoms with Crippen LogP contribution in [0, 0.1) is 6.92 Å². The number of aryl methyl sites for hydroxylation is 1. The monoisotopic (exact) mass is 204 g/mol. The van der Waals surface area contributed by atoms with Gasteiger partial charge in [-0.1, -0.05) is 18.2 Å². The molecular weight excluding hydrogens is 184 g/mol. The molecule has 2 heteroatoms. The van der Waals surface area contributed by atoms with Gasteiger partial charge in [0.05, 0.1) is 0 Å². The van der Waals surface area contributed by atoms with Crippen molar-refractivity contribution < 1.29 is 0 Å². The Bertz CT molecular complexity index is 346. The smallest absolute Gasteiger partial charge is 0.0443 e. The Kier molecular flexibility index (Phi) is 2.96. The molecule has 1 fully saturated rings. The van der Waals surface area contributed by atoms with Crippen molar-refractivity contribution in [2.75, 3.05) is 11.4 Å². The van der Waals surface area contributed by atoms with E-state index in [0.29, 0.717) is 12.6 Å². The number of anilines is 1. The highest BCUT2D eigenvalue weighted by Gasteiger charge is 2.23. The van der Waals surface area contributed by atoms with Crippen LogP contribution in [0.5, 0.6) is 0 Å². The molecule has 15 heavy (non-hydrogen) atoms. The number of hydrogen-bond donors (Lipinski definition) is 1. The van der Waals surface area contributed by atoms with Crippen molar-refractivity contribution in [1.29, 1.82) is 0 Å². The molecule has 0 saturated carbocycles. The second-order valence-corrected chi connectivity index (χ2v) is 4.47. The molecule has 0 radical (unpaired) electrons. The van der Waals surface area contributed by atoms with E-state index in [2.05, 4.69) is 36.9 Å². The zero-order valence-electron chi connectivity index (χ0n) is 9.66. The molecule has 1 unspecified atom stereocenters. The molecule has 1 heterocycles. The second-order valence-electron chi connectivity index (χ2n) is 4.47. The van der Waals surface area contributed by atoms with Crippen molar-refractivity contribution in [2.45, 2.75) is 39.3 Å². The van der Waals surface area contributed by atoms with E-state index in [1.165, 1.54) is 36.2 Å². The van der Waals surface area contributed by atoms with E-state index < -0.39 is 0 Å². The first kappa shape index (κ1) is 10.5. The lowest BCUT2D eigenvalue weighted by Crippen LogP contribution is -2.28. The molecular formula is C13H20N2. The Morgan fingerprint density at radius 2 is 2.27 bits per heavy atom. The van der Waals surface area contributed by atoms with Crippen LogP contribution in [0.4, 0.5) is 5.69 Å². The van der Waals surface area contributed by atoms with E-state index >= 15 is 0 Å². The van der Waals surface area contributed by atoms with Crippen LogP contribution in [-0.4, -0.2) is 12.6 Å². The van der Waals surface area contributed by atoms with Gasteiger partial charge in [-0.15, -0.1) is 0 Å². The summed E-state index contributed by atoms with van der Waals surface area (Å²) in [5.74, 6) is 0. The molecule has 1 aromatic carbocycles. The van der Waals surface area contributed by atoms with Crippen molar-refractivity contribution >= 4 is 5.69 Å². The highest BCUT2D eigenvalue weighted by atomic mass is 15.2. The van der Waals surface area contributed by atoms with E-state index in [1.54, 1.807) is 0 Å². The number of benzene rings is 1. The third kappa shape index (κ3) is 1.86. The van der Waals surface area contributed by atoms with Crippen LogP contribution in [0.25, 0.3) is 0 Å². The maximum absolute atomic E-state index is 5.81. The molecule has 2 nitrogen and oxygen atoms in total. The standard InChI is InChI=1S/C13H20N2/c1-10-5-3-7-12(9-14)13(10)15-8-4-6-11(15)2/h3,5,7,11H,4,6,8-9,14H2,1-2H3. The average molecular weight is 204 g/mol. The topological polar surface area (TPSA) is 29.3 Å². The van der Waals surface area contributed by atoms with Gasteiger partial charge in [0.25, 0.3) is 0 Å². The Hall–Kier alpha value is -1.02. The summed E-state index contributed by atoms with van der Waals surface area (Å²) in [5.41, 5.74) is 9.82. The van der Waals surface area contributed by atoms with Crippen molar-refractivity contribution in [1.82, 2.24) is 0 Å². The summed E-state index contributed by atoms with van der Waals surface area (Å²) < 4.78 is 0. The molecule has 1 aromatic rings. The third-order valence-corrected chi connectivity index (χ3v) is 3.38. The Morgan fingerprint density at radius 3 is 2.87 bits per heavy atom. The van der Waals surface area contributed by atoms with Gasteiger partial charge in [-0.3, -0.25) is 0 Å². The number of para-hydroxylation sites is 1. The Labute approximate surface area is 92.1 Å². The lowest BCUT2D eigenvalue weighted by atomic mass is 10.1. The molecule has 0 spiro atoms. The van der Waals surface area contributed by atoms with Crippen LogP contribution in [0.3, 0.4) is 0 Å². The molecule has 82 valence electrons. The van der Waals surface area contributed by atoms with Gasteiger partial charge in [0.15, 0.2) is 0 Å². The molecule has 1 aliphatic rings. The van der Waals surface area contributed by atoms with Gasteiger partial charge >= 0.3 is 0 Å². The molecule has 2 rings (SSSR count). The Balaban J connectivity index is 2.41. The highest BCUT2D eigenvalue weighted by Crippen LogP contribution is 2.31. The quantitative estimate of drug-likeness (QED) is 0.801. The Morgan fingerprint density at radius 1 is 1.47 bits per heavy atom. The zero-order chi connectivity index (χ0) is 10.8. The molecule has 0 aromatic heterocycles. The van der Waals surface area contributed by atoms with Crippen LogP contribution >= 0.6 is 0 Å². The van der Waals surface area contributed by atoms with Crippen LogP contribution < -0.4 is 10.6 Å². The number of rotatable bonds is 2. The van der Waals surface area contributed by atoms with Gasteiger partial charge in [-0.25, -0.2) is 0 Å². The van der Waals surface area contributed by atoms with Crippen molar-refractivity contribution in [2.24, 2.45) is 5.73 Å². The van der Waals surface area contributed by atoms with E-state index in [-0.39, 0.29) is 0 Å². The minimum atomic E-state index is 0.639. The van der Waals surface area contributed by atoms with Gasteiger partial charge < -0.3 is 10.6 Å². The van der Waals surface area contributed by atoms with E-state index in [9.17, 15) is 0 Å². The summed E-state index contributed by atoms with van der Waals surface area (Å²) in [4.78, 5) is 2.51. The van der Waals surface area contributed by atoms with Crippen LogP contribution in [0.15, 0.2) is 18.2 Å². The summed E-state index contributed by atoms with van der Waals surface area (Å²) in [6.07, 6.45) is 2.61. The van der Waals surface area contributed by atoms with Gasteiger partial charge in [0, 0.05) is 24.8 Å². The minimum absolute atomic E-state index is 0.639. The third-order valence-electron chi connectivity index (χ3n) is 3.38. The first-order valence-electron chi connectivity index (χ1n) is 5.79. The van der Waals surface area contributed by atoms with Gasteiger partial charge in [-0.05, 0) is 37.8 Å². The highest BCUT2D eigenvalue weighted by molar-refractivity contribution is 5.60. The SMILES string of the molecule is Cc1cccc(CN)c1N1CCCC1C. The largest absolute Gasteiger partial charge is 0.368 e. The predicted octanol–water partition coefficient (Wildman–Crippen LogP) is 2.44. The molecule has 0 bridgehead atoms. The lowest BCUT2D eigenvalue weighted by Gasteiger charge is -2.28. The fourth-order valence-electron chi connectivity index (χ4n) is 2.56. The second kappa shape index (κ2) is 4.23. The predicted molar refractivity (Wildman–Crippen MR) is 65.1 cm³/mol. The maximum Gasteiger partial charge on any atom is 0.0443 e. The van der Waals surface area contributed by atoms with Crippen LogP contribution in [-0.2, 0) is 6.54 Å². The summed E-state index contributed by atoms with van der Waals surface area (Å²) >= 11 is 0. The molecule has 1 atom stereocenters. The van der Waals surface area contributed by atoms with Crippen LogP contribution in [0.1, 0.15) is 30.9 Å².